The quantitative estimate of drug-likeness (QED) is 0.401. The van der Waals surface area contributed by atoms with Crippen LogP contribution in [0, 0.1) is 5.82 Å². The molecular formula is C27H21FN2O2. The zero-order valence-electron chi connectivity index (χ0n) is 17.8. The predicted octanol–water partition coefficient (Wildman–Crippen LogP) is 6.03. The van der Waals surface area contributed by atoms with Crippen LogP contribution in [-0.4, -0.2) is 22.8 Å². The van der Waals surface area contributed by atoms with Crippen molar-refractivity contribution >= 4 is 11.5 Å². The number of benzene rings is 3. The summed E-state index contributed by atoms with van der Waals surface area (Å²) >= 11 is 0. The van der Waals surface area contributed by atoms with Gasteiger partial charge in [0.15, 0.2) is 11.6 Å². The molecule has 0 spiro atoms. The van der Waals surface area contributed by atoms with Gasteiger partial charge in [-0.2, -0.15) is 9.78 Å². The Hall–Kier alpha value is -3.99. The summed E-state index contributed by atoms with van der Waals surface area (Å²) < 4.78 is 20.9. The molecule has 0 unspecified atom stereocenters. The summed E-state index contributed by atoms with van der Waals surface area (Å²) in [5, 5.41) is 4.76. The Kier molecular flexibility index (Phi) is 4.94. The highest BCUT2D eigenvalue weighted by Crippen LogP contribution is 2.40. The maximum absolute atomic E-state index is 14.4. The van der Waals surface area contributed by atoms with Crippen molar-refractivity contribution in [1.82, 2.24) is 9.78 Å². The summed E-state index contributed by atoms with van der Waals surface area (Å²) in [4.78, 5) is 13.6. The highest BCUT2D eigenvalue weighted by molar-refractivity contribution is 6.22. The number of rotatable bonds is 4. The first kappa shape index (κ1) is 19.9. The zero-order valence-corrected chi connectivity index (χ0v) is 17.8. The molecule has 0 N–H and O–H groups in total. The third kappa shape index (κ3) is 3.23. The molecule has 4 nitrogen and oxygen atoms in total. The highest BCUT2D eigenvalue weighted by Gasteiger charge is 2.31. The number of hydrogen-bond donors (Lipinski definition) is 0. The molecule has 5 heteroatoms. The van der Waals surface area contributed by atoms with Crippen molar-refractivity contribution in [3.8, 4) is 28.1 Å². The van der Waals surface area contributed by atoms with Crippen molar-refractivity contribution in [1.29, 1.82) is 0 Å². The summed E-state index contributed by atoms with van der Waals surface area (Å²) in [7, 11) is 1.42. The molecule has 0 amide bonds. The number of fused-ring (bicyclic) bond motifs is 1. The molecule has 0 atom stereocenters. The van der Waals surface area contributed by atoms with Gasteiger partial charge in [0, 0.05) is 23.1 Å². The van der Waals surface area contributed by atoms with Crippen LogP contribution in [0.15, 0.2) is 84.4 Å². The topological polar surface area (TPSA) is 44.1 Å². The second-order valence-corrected chi connectivity index (χ2v) is 7.80. The Morgan fingerprint density at radius 1 is 0.906 bits per heavy atom. The monoisotopic (exact) mass is 424 g/mol. The third-order valence-corrected chi connectivity index (χ3v) is 5.80. The molecule has 0 bridgehead atoms. The van der Waals surface area contributed by atoms with Gasteiger partial charge in [-0.15, -0.1) is 0 Å². The Morgan fingerprint density at radius 2 is 1.56 bits per heavy atom. The fourth-order valence-electron chi connectivity index (χ4n) is 4.31. The molecule has 1 aromatic heterocycles. The lowest BCUT2D eigenvalue weighted by Gasteiger charge is -2.20. The standard InChI is InChI=1S/C27H21FN2O2/c1-17-15-22-25(18-9-5-3-6-10-18)26(19-11-7-4-8-12-19)29-30(22)27(31)24(17)20-13-14-23(32-2)21(28)16-20/h3-14,16H,15H2,1-2H3. The van der Waals surface area contributed by atoms with Crippen LogP contribution in [0.2, 0.25) is 0 Å². The molecule has 0 fully saturated rings. The largest absolute Gasteiger partial charge is 0.494 e. The van der Waals surface area contributed by atoms with Crippen LogP contribution in [0.25, 0.3) is 28.0 Å². The molecule has 158 valence electrons. The lowest BCUT2D eigenvalue weighted by Crippen LogP contribution is -2.23. The van der Waals surface area contributed by atoms with E-state index in [1.807, 2.05) is 67.6 Å². The molecule has 0 radical (unpaired) electrons. The van der Waals surface area contributed by atoms with Gasteiger partial charge in [0.05, 0.1) is 12.8 Å². The number of nitrogens with zero attached hydrogens (tertiary/aromatic N) is 2. The number of allylic oxidation sites excluding steroid dienone is 2. The SMILES string of the molecule is COc1ccc(C2=C(C)Cc3c(-c4ccccc4)c(-c4ccccc4)nn3C2=O)cc1F. The number of carbonyl (C=O) groups excluding carboxylic acids is 1. The molecule has 32 heavy (non-hydrogen) atoms. The zero-order chi connectivity index (χ0) is 22.2. The second kappa shape index (κ2) is 7.93. The average Bonchev–Trinajstić information content (AvgIpc) is 3.20. The number of methoxy groups -OCH3 is 1. The van der Waals surface area contributed by atoms with E-state index in [0.717, 1.165) is 33.7 Å². The molecular weight excluding hydrogens is 403 g/mol. The van der Waals surface area contributed by atoms with Crippen molar-refractivity contribution < 1.29 is 13.9 Å². The number of halogens is 1. The Labute approximate surface area is 185 Å². The minimum Gasteiger partial charge on any atom is -0.494 e. The van der Waals surface area contributed by atoms with E-state index in [4.69, 9.17) is 9.84 Å². The van der Waals surface area contributed by atoms with E-state index < -0.39 is 5.82 Å². The summed E-state index contributed by atoms with van der Waals surface area (Å²) in [5.41, 5.74) is 6.37. The van der Waals surface area contributed by atoms with Gasteiger partial charge in [-0.3, -0.25) is 4.79 Å². The van der Waals surface area contributed by atoms with Crippen LogP contribution >= 0.6 is 0 Å². The number of ether oxygens (including phenoxy) is 1. The molecule has 4 aromatic rings. The van der Waals surface area contributed by atoms with Gasteiger partial charge in [0.1, 0.15) is 5.69 Å². The van der Waals surface area contributed by atoms with E-state index in [1.54, 1.807) is 12.1 Å². The fourth-order valence-corrected chi connectivity index (χ4v) is 4.31. The molecule has 0 saturated carbocycles. The van der Waals surface area contributed by atoms with Crippen LogP contribution in [0.5, 0.6) is 5.75 Å². The van der Waals surface area contributed by atoms with Crippen molar-refractivity contribution in [2.75, 3.05) is 7.11 Å². The Balaban J connectivity index is 1.69. The minimum atomic E-state index is -0.501. The van der Waals surface area contributed by atoms with Gasteiger partial charge in [-0.1, -0.05) is 72.3 Å². The van der Waals surface area contributed by atoms with Crippen LogP contribution in [0.3, 0.4) is 0 Å². The minimum absolute atomic E-state index is 0.146. The molecule has 2 heterocycles. The lowest BCUT2D eigenvalue weighted by molar-refractivity contribution is 0.0958. The van der Waals surface area contributed by atoms with Gasteiger partial charge in [0.2, 0.25) is 0 Å². The molecule has 0 saturated heterocycles. The van der Waals surface area contributed by atoms with Crippen molar-refractivity contribution in [3.63, 3.8) is 0 Å². The first-order valence-corrected chi connectivity index (χ1v) is 10.4. The molecule has 1 aliphatic rings. The van der Waals surface area contributed by atoms with Crippen molar-refractivity contribution in [3.05, 3.63) is 102 Å². The summed E-state index contributed by atoms with van der Waals surface area (Å²) in [5.74, 6) is -0.611. The van der Waals surface area contributed by atoms with Gasteiger partial charge in [-0.25, -0.2) is 4.39 Å². The van der Waals surface area contributed by atoms with Gasteiger partial charge in [-0.05, 0) is 30.2 Å². The maximum atomic E-state index is 14.4. The van der Waals surface area contributed by atoms with Crippen LogP contribution < -0.4 is 4.74 Å². The maximum Gasteiger partial charge on any atom is 0.279 e. The normalized spacial score (nSPS) is 13.3. The second-order valence-electron chi connectivity index (χ2n) is 7.80. The summed E-state index contributed by atoms with van der Waals surface area (Å²) in [6.45, 7) is 1.92. The third-order valence-electron chi connectivity index (χ3n) is 5.80. The predicted molar refractivity (Wildman–Crippen MR) is 123 cm³/mol. The van der Waals surface area contributed by atoms with E-state index >= 15 is 0 Å². The van der Waals surface area contributed by atoms with Crippen LogP contribution in [-0.2, 0) is 6.42 Å². The van der Waals surface area contributed by atoms with Crippen molar-refractivity contribution in [2.24, 2.45) is 0 Å². The van der Waals surface area contributed by atoms with Crippen LogP contribution in [0.4, 0.5) is 4.39 Å². The molecule has 5 rings (SSSR count). The fraction of sp³-hybridized carbons (Fsp3) is 0.111. The number of hydrogen-bond acceptors (Lipinski definition) is 3. The molecule has 1 aliphatic heterocycles. The number of aromatic nitrogens is 2. The van der Waals surface area contributed by atoms with E-state index in [2.05, 4.69) is 0 Å². The Morgan fingerprint density at radius 3 is 2.19 bits per heavy atom. The number of carbonyl (C=O) groups is 1. The molecule has 3 aromatic carbocycles. The average molecular weight is 424 g/mol. The summed E-state index contributed by atoms with van der Waals surface area (Å²) in [6, 6.07) is 24.4. The van der Waals surface area contributed by atoms with Gasteiger partial charge < -0.3 is 4.74 Å². The van der Waals surface area contributed by atoms with Crippen molar-refractivity contribution in [2.45, 2.75) is 13.3 Å². The first-order chi connectivity index (χ1) is 15.6. The summed E-state index contributed by atoms with van der Waals surface area (Å²) in [6.07, 6.45) is 0.540. The van der Waals surface area contributed by atoms with Gasteiger partial charge >= 0.3 is 0 Å². The first-order valence-electron chi connectivity index (χ1n) is 10.4. The highest BCUT2D eigenvalue weighted by atomic mass is 19.1. The lowest BCUT2D eigenvalue weighted by atomic mass is 9.90. The van der Waals surface area contributed by atoms with E-state index in [0.29, 0.717) is 17.6 Å². The van der Waals surface area contributed by atoms with Crippen LogP contribution in [0.1, 0.15) is 23.0 Å². The van der Waals surface area contributed by atoms with E-state index in [1.165, 1.54) is 17.9 Å². The Bertz CT molecular complexity index is 1360. The van der Waals surface area contributed by atoms with E-state index in [9.17, 15) is 9.18 Å². The molecule has 0 aliphatic carbocycles. The smallest absolute Gasteiger partial charge is 0.279 e. The van der Waals surface area contributed by atoms with Gasteiger partial charge in [0.25, 0.3) is 5.91 Å². The van der Waals surface area contributed by atoms with E-state index in [-0.39, 0.29) is 11.7 Å².